The first-order chi connectivity index (χ1) is 19.1. The lowest BCUT2D eigenvalue weighted by molar-refractivity contribution is 0.0491. The second-order valence-corrected chi connectivity index (χ2v) is 11.6. The minimum Gasteiger partial charge on any atom is -0.444 e. The summed E-state index contributed by atoms with van der Waals surface area (Å²) in [6.07, 6.45) is 8.51. The molecule has 0 aliphatic heterocycles. The molecule has 1 saturated carbocycles. The van der Waals surface area contributed by atoms with E-state index in [0.29, 0.717) is 5.56 Å². The highest BCUT2D eigenvalue weighted by atomic mass is 16.6. The van der Waals surface area contributed by atoms with Gasteiger partial charge >= 0.3 is 6.09 Å². The van der Waals surface area contributed by atoms with Crippen molar-refractivity contribution in [3.05, 3.63) is 54.1 Å². The average molecular weight is 542 g/mol. The monoisotopic (exact) mass is 541 g/mol. The van der Waals surface area contributed by atoms with Crippen molar-refractivity contribution in [3.63, 3.8) is 0 Å². The summed E-state index contributed by atoms with van der Waals surface area (Å²) in [6, 6.07) is 10.1. The highest BCUT2D eigenvalue weighted by Gasteiger charge is 2.27. The second kappa shape index (κ2) is 11.0. The Bertz CT molecular complexity index is 1550. The SMILES string of the molecule is CC(C)Nc1cc(-c2ccc3cc(C#N)cnn23)ncc1-n1cc(C2CCC(NC(=O)OC(C)(C)C)CC2)nn1. The summed E-state index contributed by atoms with van der Waals surface area (Å²) in [5.74, 6) is 0.274. The molecule has 0 spiro atoms. The Morgan fingerprint density at radius 1 is 1.15 bits per heavy atom. The van der Waals surface area contributed by atoms with Gasteiger partial charge in [0.2, 0.25) is 0 Å². The fourth-order valence-electron chi connectivity index (χ4n) is 5.04. The number of alkyl carbamates (subject to hydrolysis) is 1. The van der Waals surface area contributed by atoms with Gasteiger partial charge in [0, 0.05) is 18.0 Å². The van der Waals surface area contributed by atoms with Gasteiger partial charge in [0.15, 0.2) is 0 Å². The molecule has 11 heteroatoms. The molecule has 4 heterocycles. The molecule has 0 atom stereocenters. The first kappa shape index (κ1) is 27.1. The summed E-state index contributed by atoms with van der Waals surface area (Å²) >= 11 is 0. The first-order valence-electron chi connectivity index (χ1n) is 13.7. The molecule has 2 N–H and O–H groups in total. The molecule has 5 rings (SSSR count). The molecule has 11 nitrogen and oxygen atoms in total. The quantitative estimate of drug-likeness (QED) is 0.339. The van der Waals surface area contributed by atoms with Crippen molar-refractivity contribution in [2.75, 3.05) is 5.32 Å². The van der Waals surface area contributed by atoms with Crippen molar-refractivity contribution in [1.29, 1.82) is 5.26 Å². The molecular weight excluding hydrogens is 506 g/mol. The van der Waals surface area contributed by atoms with Crippen LogP contribution in [-0.2, 0) is 4.74 Å². The van der Waals surface area contributed by atoms with Crippen molar-refractivity contribution in [2.24, 2.45) is 0 Å². The lowest BCUT2D eigenvalue weighted by Crippen LogP contribution is -2.40. The number of hydrogen-bond acceptors (Lipinski definition) is 8. The average Bonchev–Trinajstić information content (AvgIpc) is 3.55. The highest BCUT2D eigenvalue weighted by Crippen LogP contribution is 2.33. The Kier molecular flexibility index (Phi) is 7.43. The third-order valence-corrected chi connectivity index (χ3v) is 6.84. The van der Waals surface area contributed by atoms with Crippen LogP contribution < -0.4 is 10.6 Å². The summed E-state index contributed by atoms with van der Waals surface area (Å²) < 4.78 is 8.96. The van der Waals surface area contributed by atoms with Crippen LogP contribution in [-0.4, -0.2) is 53.4 Å². The van der Waals surface area contributed by atoms with Gasteiger partial charge in [0.05, 0.1) is 52.4 Å². The maximum absolute atomic E-state index is 12.1. The van der Waals surface area contributed by atoms with E-state index in [1.54, 1.807) is 27.7 Å². The first-order valence-corrected chi connectivity index (χ1v) is 13.7. The molecule has 1 amide bonds. The van der Waals surface area contributed by atoms with Crippen LogP contribution in [0.15, 0.2) is 42.9 Å². The largest absolute Gasteiger partial charge is 0.444 e. The summed E-state index contributed by atoms with van der Waals surface area (Å²) in [5.41, 5.74) is 5.03. The standard InChI is InChI=1S/C29H35N9O2/c1-18(2)33-24-13-23(26-11-10-22-12-19(14-30)15-32-38(22)26)31-16-27(24)37-17-25(35-36-37)20-6-8-21(9-7-20)34-28(39)40-29(3,4)5/h10-13,15-18,20-21H,6-9H2,1-5H3,(H,31,33)(H,34,39). The van der Waals surface area contributed by atoms with Crippen molar-refractivity contribution in [2.45, 2.75) is 83.9 Å². The molecule has 0 bridgehead atoms. The van der Waals surface area contributed by atoms with Crippen LogP contribution >= 0.6 is 0 Å². The highest BCUT2D eigenvalue weighted by molar-refractivity contribution is 5.71. The summed E-state index contributed by atoms with van der Waals surface area (Å²) in [4.78, 5) is 16.9. The number of fused-ring (bicyclic) bond motifs is 1. The van der Waals surface area contributed by atoms with Crippen LogP contribution in [0.25, 0.3) is 22.6 Å². The molecule has 0 saturated heterocycles. The normalized spacial score (nSPS) is 17.5. The number of hydrogen-bond donors (Lipinski definition) is 2. The minimum atomic E-state index is -0.509. The van der Waals surface area contributed by atoms with Gasteiger partial charge in [-0.15, -0.1) is 5.10 Å². The predicted octanol–water partition coefficient (Wildman–Crippen LogP) is 5.22. The zero-order valence-electron chi connectivity index (χ0n) is 23.5. The lowest BCUT2D eigenvalue weighted by atomic mass is 9.84. The van der Waals surface area contributed by atoms with Crippen molar-refractivity contribution in [3.8, 4) is 23.1 Å². The number of nitrogens with one attached hydrogen (secondary N) is 2. The van der Waals surface area contributed by atoms with E-state index < -0.39 is 5.60 Å². The van der Waals surface area contributed by atoms with Crippen LogP contribution in [0.4, 0.5) is 10.5 Å². The third kappa shape index (κ3) is 6.06. The predicted molar refractivity (Wildman–Crippen MR) is 151 cm³/mol. The number of ether oxygens (including phenoxy) is 1. The number of nitrogens with zero attached hydrogens (tertiary/aromatic N) is 7. The molecule has 0 radical (unpaired) electrons. The second-order valence-electron chi connectivity index (χ2n) is 11.6. The third-order valence-electron chi connectivity index (χ3n) is 6.84. The van der Waals surface area contributed by atoms with Gasteiger partial charge in [-0.3, -0.25) is 4.98 Å². The van der Waals surface area contributed by atoms with E-state index in [9.17, 15) is 10.1 Å². The van der Waals surface area contributed by atoms with E-state index in [4.69, 9.17) is 9.72 Å². The Morgan fingerprint density at radius 3 is 2.62 bits per heavy atom. The summed E-state index contributed by atoms with van der Waals surface area (Å²) in [6.45, 7) is 9.76. The zero-order valence-corrected chi connectivity index (χ0v) is 23.5. The number of aromatic nitrogens is 6. The van der Waals surface area contributed by atoms with E-state index in [0.717, 1.165) is 59.7 Å². The van der Waals surface area contributed by atoms with E-state index in [2.05, 4.69) is 46.0 Å². The van der Waals surface area contributed by atoms with E-state index in [1.165, 1.54) is 0 Å². The Balaban J connectivity index is 1.33. The molecule has 208 valence electrons. The Hall–Kier alpha value is -4.46. The minimum absolute atomic E-state index is 0.103. The number of carbonyl (C=O) groups excluding carboxylic acids is 1. The fourth-order valence-corrected chi connectivity index (χ4v) is 5.04. The number of anilines is 1. The lowest BCUT2D eigenvalue weighted by Gasteiger charge is -2.29. The van der Waals surface area contributed by atoms with Crippen molar-refractivity contribution >= 4 is 17.3 Å². The molecule has 1 aliphatic carbocycles. The molecule has 40 heavy (non-hydrogen) atoms. The zero-order chi connectivity index (χ0) is 28.4. The van der Waals surface area contributed by atoms with Crippen molar-refractivity contribution in [1.82, 2.24) is 34.9 Å². The molecule has 0 unspecified atom stereocenters. The molecule has 4 aromatic rings. The topological polar surface area (TPSA) is 135 Å². The van der Waals surface area contributed by atoms with Gasteiger partial charge in [-0.25, -0.2) is 14.0 Å². The van der Waals surface area contributed by atoms with Crippen LogP contribution in [0.5, 0.6) is 0 Å². The van der Waals surface area contributed by atoms with Crippen LogP contribution in [0.1, 0.15) is 77.5 Å². The van der Waals surface area contributed by atoms with Gasteiger partial charge in [0.1, 0.15) is 17.4 Å². The van der Waals surface area contributed by atoms with Crippen LogP contribution in [0, 0.1) is 11.3 Å². The molecule has 1 aliphatic rings. The number of carbonyl (C=O) groups is 1. The maximum Gasteiger partial charge on any atom is 0.407 e. The summed E-state index contributed by atoms with van der Waals surface area (Å²) in [5, 5.41) is 29.1. The number of nitriles is 1. The van der Waals surface area contributed by atoms with Crippen LogP contribution in [0.3, 0.4) is 0 Å². The Labute approximate surface area is 233 Å². The molecular formula is C29H35N9O2. The van der Waals surface area contributed by atoms with Gasteiger partial charge in [-0.2, -0.15) is 10.4 Å². The van der Waals surface area contributed by atoms with Gasteiger partial charge < -0.3 is 15.4 Å². The fraction of sp³-hybridized carbons (Fsp3) is 0.448. The summed E-state index contributed by atoms with van der Waals surface area (Å²) in [7, 11) is 0. The number of amides is 1. The van der Waals surface area contributed by atoms with E-state index >= 15 is 0 Å². The number of rotatable bonds is 6. The van der Waals surface area contributed by atoms with E-state index in [-0.39, 0.29) is 24.1 Å². The molecule has 0 aromatic carbocycles. The molecule has 1 fully saturated rings. The maximum atomic E-state index is 12.1. The Morgan fingerprint density at radius 2 is 1.93 bits per heavy atom. The van der Waals surface area contributed by atoms with Crippen LogP contribution in [0.2, 0.25) is 0 Å². The van der Waals surface area contributed by atoms with Gasteiger partial charge in [-0.1, -0.05) is 5.21 Å². The smallest absolute Gasteiger partial charge is 0.407 e. The van der Waals surface area contributed by atoms with Crippen molar-refractivity contribution < 1.29 is 9.53 Å². The number of pyridine rings is 1. The van der Waals surface area contributed by atoms with Gasteiger partial charge in [-0.05, 0) is 84.6 Å². The van der Waals surface area contributed by atoms with E-state index in [1.807, 2.05) is 45.2 Å². The molecule has 4 aromatic heterocycles. The van der Waals surface area contributed by atoms with Gasteiger partial charge in [0.25, 0.3) is 0 Å².